The maximum absolute atomic E-state index is 11.9. The molecule has 0 radical (unpaired) electrons. The number of carbonyl (C=O) groups excluding carboxylic acids is 1. The molecule has 0 aliphatic rings. The molecule has 1 N–H and O–H groups in total. The summed E-state index contributed by atoms with van der Waals surface area (Å²) in [5, 5.41) is 2.93. The number of aryl methyl sites for hydroxylation is 2. The number of anilines is 1. The van der Waals surface area contributed by atoms with Gasteiger partial charge in [-0.2, -0.15) is 0 Å². The maximum atomic E-state index is 11.9. The molecule has 0 atom stereocenters. The van der Waals surface area contributed by atoms with E-state index in [0.29, 0.717) is 5.75 Å². The smallest absolute Gasteiger partial charge is 0.234 e. The molecule has 2 aromatic rings. The number of nitrogens with one attached hydrogen (secondary N) is 1. The first-order valence-corrected chi connectivity index (χ1v) is 7.18. The minimum atomic E-state index is 0.0277. The van der Waals surface area contributed by atoms with Crippen LogP contribution in [0, 0.1) is 13.8 Å². The summed E-state index contributed by atoms with van der Waals surface area (Å²) in [5.41, 5.74) is 3.20. The third-order valence-electron chi connectivity index (χ3n) is 2.81. The van der Waals surface area contributed by atoms with Crippen LogP contribution >= 0.6 is 11.8 Å². The van der Waals surface area contributed by atoms with Crippen LogP contribution in [0.1, 0.15) is 11.1 Å². The zero-order valence-corrected chi connectivity index (χ0v) is 12.0. The fourth-order valence-electron chi connectivity index (χ4n) is 1.68. The van der Waals surface area contributed by atoms with Gasteiger partial charge in [0.1, 0.15) is 0 Å². The maximum Gasteiger partial charge on any atom is 0.234 e. The van der Waals surface area contributed by atoms with E-state index in [2.05, 4.69) is 24.4 Å². The van der Waals surface area contributed by atoms with Crippen molar-refractivity contribution in [1.82, 2.24) is 0 Å². The topological polar surface area (TPSA) is 29.1 Å². The van der Waals surface area contributed by atoms with Crippen molar-refractivity contribution < 1.29 is 4.79 Å². The van der Waals surface area contributed by atoms with Crippen molar-refractivity contribution >= 4 is 23.4 Å². The average molecular weight is 271 g/mol. The van der Waals surface area contributed by atoms with Gasteiger partial charge in [-0.15, -0.1) is 11.8 Å². The van der Waals surface area contributed by atoms with Gasteiger partial charge in [-0.3, -0.25) is 4.79 Å². The zero-order chi connectivity index (χ0) is 13.7. The van der Waals surface area contributed by atoms with E-state index in [1.165, 1.54) is 5.56 Å². The molecule has 0 heterocycles. The van der Waals surface area contributed by atoms with Crippen LogP contribution in [0.2, 0.25) is 0 Å². The molecule has 2 rings (SSSR count). The van der Waals surface area contributed by atoms with Crippen molar-refractivity contribution in [2.45, 2.75) is 18.7 Å². The van der Waals surface area contributed by atoms with Crippen molar-refractivity contribution in [2.75, 3.05) is 11.1 Å². The third kappa shape index (κ3) is 4.14. The Bertz CT molecular complexity index is 563. The molecular weight excluding hydrogens is 254 g/mol. The van der Waals surface area contributed by atoms with Crippen LogP contribution in [0.5, 0.6) is 0 Å². The van der Waals surface area contributed by atoms with Gasteiger partial charge in [0.15, 0.2) is 0 Å². The Hall–Kier alpha value is -1.74. The van der Waals surface area contributed by atoms with Gasteiger partial charge >= 0.3 is 0 Å². The van der Waals surface area contributed by atoms with Crippen molar-refractivity contribution in [3.05, 3.63) is 59.7 Å². The highest BCUT2D eigenvalue weighted by Gasteiger charge is 2.05. The molecule has 98 valence electrons. The fourth-order valence-corrected chi connectivity index (χ4v) is 2.38. The van der Waals surface area contributed by atoms with Crippen molar-refractivity contribution in [1.29, 1.82) is 0 Å². The van der Waals surface area contributed by atoms with Gasteiger partial charge in [0.25, 0.3) is 0 Å². The van der Waals surface area contributed by atoms with Crippen LogP contribution in [-0.2, 0) is 4.79 Å². The van der Waals surface area contributed by atoms with Gasteiger partial charge < -0.3 is 5.32 Å². The lowest BCUT2D eigenvalue weighted by Gasteiger charge is -2.07. The predicted octanol–water partition coefficient (Wildman–Crippen LogP) is 4.03. The molecule has 0 unspecified atom stereocenters. The van der Waals surface area contributed by atoms with Crippen molar-refractivity contribution in [3.8, 4) is 0 Å². The second-order valence-electron chi connectivity index (χ2n) is 4.46. The quantitative estimate of drug-likeness (QED) is 0.850. The van der Waals surface area contributed by atoms with E-state index in [9.17, 15) is 4.79 Å². The SMILES string of the molecule is Cc1ccc(SCC(=O)Nc2ccccc2C)cc1. The normalized spacial score (nSPS) is 10.2. The molecule has 2 aromatic carbocycles. The number of hydrogen-bond donors (Lipinski definition) is 1. The fraction of sp³-hybridized carbons (Fsp3) is 0.188. The lowest BCUT2D eigenvalue weighted by Crippen LogP contribution is -2.14. The Morgan fingerprint density at radius 2 is 1.74 bits per heavy atom. The Morgan fingerprint density at radius 3 is 2.42 bits per heavy atom. The minimum absolute atomic E-state index is 0.0277. The first-order chi connectivity index (χ1) is 9.15. The summed E-state index contributed by atoms with van der Waals surface area (Å²) in [6, 6.07) is 16.0. The van der Waals surface area contributed by atoms with E-state index in [1.807, 2.05) is 43.3 Å². The van der Waals surface area contributed by atoms with Crippen LogP contribution in [0.25, 0.3) is 0 Å². The van der Waals surface area contributed by atoms with Crippen LogP contribution in [0.3, 0.4) is 0 Å². The monoisotopic (exact) mass is 271 g/mol. The summed E-state index contributed by atoms with van der Waals surface area (Å²) in [6.07, 6.45) is 0. The first kappa shape index (κ1) is 13.7. The highest BCUT2D eigenvalue weighted by Crippen LogP contribution is 2.19. The zero-order valence-electron chi connectivity index (χ0n) is 11.1. The number of rotatable bonds is 4. The second kappa shape index (κ2) is 6.43. The van der Waals surface area contributed by atoms with Gasteiger partial charge in [0.05, 0.1) is 5.75 Å². The number of para-hydroxylation sites is 1. The molecular formula is C16H17NOS. The molecule has 3 heteroatoms. The van der Waals surface area contributed by atoms with Crippen molar-refractivity contribution in [2.24, 2.45) is 0 Å². The highest BCUT2D eigenvalue weighted by molar-refractivity contribution is 8.00. The Labute approximate surface area is 118 Å². The van der Waals surface area contributed by atoms with Crippen LogP contribution in [0.15, 0.2) is 53.4 Å². The Balaban J connectivity index is 1.88. The number of thioether (sulfide) groups is 1. The second-order valence-corrected chi connectivity index (χ2v) is 5.51. The summed E-state index contributed by atoms with van der Waals surface area (Å²) < 4.78 is 0. The lowest BCUT2D eigenvalue weighted by atomic mass is 10.2. The minimum Gasteiger partial charge on any atom is -0.325 e. The molecule has 0 bridgehead atoms. The van der Waals surface area contributed by atoms with Crippen LogP contribution in [0.4, 0.5) is 5.69 Å². The van der Waals surface area contributed by atoms with Crippen LogP contribution in [-0.4, -0.2) is 11.7 Å². The van der Waals surface area contributed by atoms with E-state index in [0.717, 1.165) is 16.1 Å². The molecule has 0 saturated carbocycles. The Kier molecular flexibility index (Phi) is 4.63. The van der Waals surface area contributed by atoms with Gasteiger partial charge in [0, 0.05) is 10.6 Å². The van der Waals surface area contributed by atoms with E-state index in [-0.39, 0.29) is 5.91 Å². The first-order valence-electron chi connectivity index (χ1n) is 6.20. The standard InChI is InChI=1S/C16H17NOS/c1-12-7-9-14(10-8-12)19-11-16(18)17-15-6-4-3-5-13(15)2/h3-10H,11H2,1-2H3,(H,17,18). The summed E-state index contributed by atoms with van der Waals surface area (Å²) >= 11 is 1.55. The summed E-state index contributed by atoms with van der Waals surface area (Å²) in [6.45, 7) is 4.04. The molecule has 0 aromatic heterocycles. The highest BCUT2D eigenvalue weighted by atomic mass is 32.2. The molecule has 0 aliphatic carbocycles. The number of amides is 1. The van der Waals surface area contributed by atoms with E-state index < -0.39 is 0 Å². The largest absolute Gasteiger partial charge is 0.325 e. The molecule has 0 saturated heterocycles. The van der Waals surface area contributed by atoms with Gasteiger partial charge in [-0.05, 0) is 37.6 Å². The summed E-state index contributed by atoms with van der Waals surface area (Å²) in [7, 11) is 0. The summed E-state index contributed by atoms with van der Waals surface area (Å²) in [5.74, 6) is 0.456. The van der Waals surface area contributed by atoms with Crippen molar-refractivity contribution in [3.63, 3.8) is 0 Å². The van der Waals surface area contributed by atoms with E-state index in [1.54, 1.807) is 11.8 Å². The molecule has 2 nitrogen and oxygen atoms in total. The molecule has 0 aliphatic heterocycles. The number of hydrogen-bond acceptors (Lipinski definition) is 2. The molecule has 1 amide bonds. The Morgan fingerprint density at radius 1 is 1.05 bits per heavy atom. The van der Waals surface area contributed by atoms with Crippen LogP contribution < -0.4 is 5.32 Å². The third-order valence-corrected chi connectivity index (χ3v) is 3.82. The number of benzene rings is 2. The lowest BCUT2D eigenvalue weighted by molar-refractivity contribution is -0.113. The van der Waals surface area contributed by atoms with Gasteiger partial charge in [-0.1, -0.05) is 35.9 Å². The predicted molar refractivity (Wildman–Crippen MR) is 81.7 cm³/mol. The average Bonchev–Trinajstić information content (AvgIpc) is 2.41. The number of carbonyl (C=O) groups is 1. The van der Waals surface area contributed by atoms with Gasteiger partial charge in [0.2, 0.25) is 5.91 Å². The van der Waals surface area contributed by atoms with E-state index >= 15 is 0 Å². The molecule has 0 fully saturated rings. The molecule has 19 heavy (non-hydrogen) atoms. The van der Waals surface area contributed by atoms with Gasteiger partial charge in [-0.25, -0.2) is 0 Å². The summed E-state index contributed by atoms with van der Waals surface area (Å²) in [4.78, 5) is 13.0. The molecule has 0 spiro atoms. The van der Waals surface area contributed by atoms with E-state index in [4.69, 9.17) is 0 Å².